The highest BCUT2D eigenvalue weighted by Crippen LogP contribution is 2.28. The van der Waals surface area contributed by atoms with E-state index in [-0.39, 0.29) is 12.0 Å². The minimum atomic E-state index is -0.744. The van der Waals surface area contributed by atoms with E-state index >= 15 is 0 Å². The first-order valence-corrected chi connectivity index (χ1v) is 10.1. The molecule has 0 amide bonds. The molecule has 0 saturated carbocycles. The fourth-order valence-corrected chi connectivity index (χ4v) is 3.48. The van der Waals surface area contributed by atoms with Crippen molar-refractivity contribution in [1.82, 2.24) is 0 Å². The van der Waals surface area contributed by atoms with Gasteiger partial charge in [-0.2, -0.15) is 0 Å². The fraction of sp³-hybridized carbons (Fsp3) is 0.435. The van der Waals surface area contributed by atoms with E-state index in [0.717, 1.165) is 21.7 Å². The zero-order valence-corrected chi connectivity index (χ0v) is 17.7. The first-order chi connectivity index (χ1) is 13.4. The Labute approximate surface area is 173 Å². The van der Waals surface area contributed by atoms with E-state index in [1.54, 1.807) is 6.92 Å². The van der Waals surface area contributed by atoms with Gasteiger partial charge in [0.1, 0.15) is 0 Å². The van der Waals surface area contributed by atoms with Crippen molar-refractivity contribution in [1.29, 1.82) is 0 Å². The lowest BCUT2D eigenvalue weighted by Crippen LogP contribution is -2.41. The third-order valence-corrected chi connectivity index (χ3v) is 4.95. The molecule has 0 radical (unpaired) electrons. The number of hydrogen-bond donors (Lipinski definition) is 1. The molecule has 0 aromatic heterocycles. The molecule has 0 spiro atoms. The quantitative estimate of drug-likeness (QED) is 0.574. The summed E-state index contributed by atoms with van der Waals surface area (Å²) in [6.45, 7) is 6.79. The highest BCUT2D eigenvalue weighted by molar-refractivity contribution is 6.30. The molecule has 4 nitrogen and oxygen atoms in total. The van der Waals surface area contributed by atoms with Gasteiger partial charge < -0.3 is 15.2 Å². The SMILES string of the molecule is CCOCC(C)(CC(N)Cc1ccc(-c2cccc(Cl)c2)cc1)C(=O)OCC. The zero-order valence-electron chi connectivity index (χ0n) is 16.9. The van der Waals surface area contributed by atoms with Gasteiger partial charge in [0.25, 0.3) is 0 Å². The van der Waals surface area contributed by atoms with E-state index in [1.165, 1.54) is 0 Å². The monoisotopic (exact) mass is 403 g/mol. The maximum absolute atomic E-state index is 12.4. The summed E-state index contributed by atoms with van der Waals surface area (Å²) in [5.74, 6) is -0.254. The minimum Gasteiger partial charge on any atom is -0.466 e. The number of nitrogens with two attached hydrogens (primary N) is 1. The molecule has 0 saturated heterocycles. The van der Waals surface area contributed by atoms with Gasteiger partial charge in [-0.25, -0.2) is 0 Å². The average Bonchev–Trinajstić information content (AvgIpc) is 2.67. The molecule has 0 aliphatic heterocycles. The number of hydrogen-bond acceptors (Lipinski definition) is 4. The second-order valence-electron chi connectivity index (χ2n) is 7.29. The number of benzene rings is 2. The van der Waals surface area contributed by atoms with Crippen LogP contribution in [0.4, 0.5) is 0 Å². The molecule has 0 fully saturated rings. The summed E-state index contributed by atoms with van der Waals surface area (Å²) in [7, 11) is 0. The van der Waals surface area contributed by atoms with Crippen LogP contribution < -0.4 is 5.73 Å². The molecule has 2 N–H and O–H groups in total. The topological polar surface area (TPSA) is 61.5 Å². The van der Waals surface area contributed by atoms with Crippen LogP contribution in [0.15, 0.2) is 48.5 Å². The third kappa shape index (κ3) is 6.33. The molecule has 2 unspecified atom stereocenters. The summed E-state index contributed by atoms with van der Waals surface area (Å²) in [5, 5.41) is 0.719. The van der Waals surface area contributed by atoms with Crippen molar-refractivity contribution in [2.75, 3.05) is 19.8 Å². The Morgan fingerprint density at radius 2 is 1.82 bits per heavy atom. The molecule has 28 heavy (non-hydrogen) atoms. The van der Waals surface area contributed by atoms with Crippen LogP contribution in [0, 0.1) is 5.41 Å². The van der Waals surface area contributed by atoms with Crippen molar-refractivity contribution in [3.05, 3.63) is 59.1 Å². The van der Waals surface area contributed by atoms with Crippen LogP contribution in [0.25, 0.3) is 11.1 Å². The molecular formula is C23H30ClNO3. The Morgan fingerprint density at radius 3 is 2.43 bits per heavy atom. The van der Waals surface area contributed by atoms with E-state index in [4.69, 9.17) is 26.8 Å². The van der Waals surface area contributed by atoms with Gasteiger partial charge in [0, 0.05) is 17.7 Å². The molecule has 0 heterocycles. The Kier molecular flexibility index (Phi) is 8.49. The standard InChI is InChI=1S/C23H30ClNO3/c1-4-27-16-23(3,22(26)28-5-2)15-21(25)13-17-9-11-18(12-10-17)19-7-6-8-20(24)14-19/h6-12,14,21H,4-5,13,15-16,25H2,1-3H3. The summed E-state index contributed by atoms with van der Waals surface area (Å²) in [6, 6.07) is 15.9. The second kappa shape index (κ2) is 10.6. The Hall–Kier alpha value is -1.88. The molecule has 0 bridgehead atoms. The number of carbonyl (C=O) groups excluding carboxylic acids is 1. The summed E-state index contributed by atoms with van der Waals surface area (Å²) in [6.07, 6.45) is 1.18. The average molecular weight is 404 g/mol. The van der Waals surface area contributed by atoms with Gasteiger partial charge in [0.2, 0.25) is 0 Å². The lowest BCUT2D eigenvalue weighted by molar-refractivity contribution is -0.159. The summed E-state index contributed by atoms with van der Waals surface area (Å²) >= 11 is 6.08. The van der Waals surface area contributed by atoms with Crippen LogP contribution in [0.1, 0.15) is 32.8 Å². The molecule has 2 aromatic rings. The number of carbonyl (C=O) groups is 1. The maximum atomic E-state index is 12.4. The van der Waals surface area contributed by atoms with Crippen LogP contribution in [-0.4, -0.2) is 31.8 Å². The predicted molar refractivity (Wildman–Crippen MR) is 114 cm³/mol. The number of rotatable bonds is 10. The van der Waals surface area contributed by atoms with Crippen molar-refractivity contribution in [2.24, 2.45) is 11.1 Å². The van der Waals surface area contributed by atoms with E-state index in [9.17, 15) is 4.79 Å². The maximum Gasteiger partial charge on any atom is 0.314 e. The van der Waals surface area contributed by atoms with E-state index < -0.39 is 5.41 Å². The molecule has 0 aliphatic carbocycles. The van der Waals surface area contributed by atoms with Crippen LogP contribution in [-0.2, 0) is 20.7 Å². The number of halogens is 1. The van der Waals surface area contributed by atoms with Gasteiger partial charge in [-0.3, -0.25) is 4.79 Å². The lowest BCUT2D eigenvalue weighted by Gasteiger charge is -2.29. The van der Waals surface area contributed by atoms with Gasteiger partial charge in [-0.15, -0.1) is 0 Å². The first kappa shape index (κ1) is 22.4. The third-order valence-electron chi connectivity index (χ3n) is 4.72. The Bertz CT molecular complexity index is 763. The number of ether oxygens (including phenoxy) is 2. The van der Waals surface area contributed by atoms with Gasteiger partial charge >= 0.3 is 5.97 Å². The zero-order chi connectivity index (χ0) is 20.6. The molecule has 2 atom stereocenters. The lowest BCUT2D eigenvalue weighted by atomic mass is 9.82. The van der Waals surface area contributed by atoms with E-state index in [1.807, 2.05) is 38.1 Å². The van der Waals surface area contributed by atoms with Crippen molar-refractivity contribution < 1.29 is 14.3 Å². The van der Waals surface area contributed by atoms with Crippen LogP contribution in [0.5, 0.6) is 0 Å². The van der Waals surface area contributed by atoms with Gasteiger partial charge in [0.15, 0.2) is 0 Å². The molecule has 0 aliphatic rings. The second-order valence-corrected chi connectivity index (χ2v) is 7.73. The van der Waals surface area contributed by atoms with Crippen molar-refractivity contribution in [3.8, 4) is 11.1 Å². The Morgan fingerprint density at radius 1 is 1.11 bits per heavy atom. The smallest absolute Gasteiger partial charge is 0.314 e. The summed E-state index contributed by atoms with van der Waals surface area (Å²) < 4.78 is 10.8. The first-order valence-electron chi connectivity index (χ1n) is 9.73. The van der Waals surface area contributed by atoms with Gasteiger partial charge in [0.05, 0.1) is 18.6 Å². The van der Waals surface area contributed by atoms with Gasteiger partial charge in [-0.1, -0.05) is 48.0 Å². The highest BCUT2D eigenvalue weighted by atomic mass is 35.5. The Balaban J connectivity index is 2.04. The largest absolute Gasteiger partial charge is 0.466 e. The van der Waals surface area contributed by atoms with Gasteiger partial charge in [-0.05, 0) is 62.4 Å². The number of esters is 1. The van der Waals surface area contributed by atoms with Crippen molar-refractivity contribution in [3.63, 3.8) is 0 Å². The van der Waals surface area contributed by atoms with E-state index in [2.05, 4.69) is 24.3 Å². The van der Waals surface area contributed by atoms with Crippen LogP contribution in [0.3, 0.4) is 0 Å². The highest BCUT2D eigenvalue weighted by Gasteiger charge is 2.36. The molecule has 2 aromatic carbocycles. The van der Waals surface area contributed by atoms with E-state index in [0.29, 0.717) is 32.7 Å². The predicted octanol–water partition coefficient (Wildman–Crippen LogP) is 4.87. The summed E-state index contributed by atoms with van der Waals surface area (Å²) in [4.78, 5) is 12.4. The normalized spacial score (nSPS) is 14.3. The minimum absolute atomic E-state index is 0.174. The fourth-order valence-electron chi connectivity index (χ4n) is 3.29. The molecule has 2 rings (SSSR count). The van der Waals surface area contributed by atoms with Crippen LogP contribution in [0.2, 0.25) is 5.02 Å². The molecule has 152 valence electrons. The molecular weight excluding hydrogens is 374 g/mol. The summed E-state index contributed by atoms with van der Waals surface area (Å²) in [5.41, 5.74) is 8.95. The van der Waals surface area contributed by atoms with Crippen molar-refractivity contribution in [2.45, 2.75) is 39.7 Å². The van der Waals surface area contributed by atoms with Crippen LogP contribution >= 0.6 is 11.6 Å². The van der Waals surface area contributed by atoms with Crippen molar-refractivity contribution >= 4 is 17.6 Å². The molecule has 5 heteroatoms.